The predicted octanol–water partition coefficient (Wildman–Crippen LogP) is -0.234. The summed E-state index contributed by atoms with van der Waals surface area (Å²) in [6.45, 7) is 4.16. The van der Waals surface area contributed by atoms with Crippen molar-refractivity contribution in [2.45, 2.75) is 18.9 Å². The van der Waals surface area contributed by atoms with Gasteiger partial charge in [0.1, 0.15) is 0 Å². The standard InChI is InChI=1S/C14H20N4O3/c19-13(10-17-6-8-21-9-7-17)18-5-1-2-12(18)11-3-4-15-14(20)16-11/h3-4,12H,1-2,5-10H2,(H,15,16,20)/t12-/m1/s1. The van der Waals surface area contributed by atoms with E-state index in [2.05, 4.69) is 14.9 Å². The van der Waals surface area contributed by atoms with Crippen LogP contribution in [-0.4, -0.2) is 65.1 Å². The maximum atomic E-state index is 12.5. The lowest BCUT2D eigenvalue weighted by molar-refractivity contribution is -0.134. The van der Waals surface area contributed by atoms with Crippen LogP contribution in [0.3, 0.4) is 0 Å². The van der Waals surface area contributed by atoms with E-state index >= 15 is 0 Å². The molecule has 0 spiro atoms. The van der Waals surface area contributed by atoms with Crippen LogP contribution < -0.4 is 5.69 Å². The molecule has 0 aromatic carbocycles. The summed E-state index contributed by atoms with van der Waals surface area (Å²) in [7, 11) is 0. The molecule has 3 rings (SSSR count). The van der Waals surface area contributed by atoms with Gasteiger partial charge in [-0.1, -0.05) is 0 Å². The van der Waals surface area contributed by atoms with Crippen molar-refractivity contribution in [3.05, 3.63) is 28.4 Å². The summed E-state index contributed by atoms with van der Waals surface area (Å²) < 4.78 is 5.30. The first kappa shape index (κ1) is 14.2. The SMILES string of the molecule is O=C(CN1CCOCC1)N1CCC[C@@H]1c1ccnc(=O)[nH]1. The van der Waals surface area contributed by atoms with Crippen molar-refractivity contribution < 1.29 is 9.53 Å². The third kappa shape index (κ3) is 3.30. The van der Waals surface area contributed by atoms with Gasteiger partial charge in [0.15, 0.2) is 0 Å². The van der Waals surface area contributed by atoms with E-state index in [0.29, 0.717) is 19.8 Å². The average Bonchev–Trinajstić information content (AvgIpc) is 2.98. The lowest BCUT2D eigenvalue weighted by Crippen LogP contribution is -2.44. The molecule has 7 nitrogen and oxygen atoms in total. The molecular formula is C14H20N4O3. The molecule has 0 aliphatic carbocycles. The fraction of sp³-hybridized carbons (Fsp3) is 0.643. The zero-order valence-corrected chi connectivity index (χ0v) is 12.0. The fourth-order valence-corrected chi connectivity index (χ4v) is 3.01. The van der Waals surface area contributed by atoms with Gasteiger partial charge in [0.2, 0.25) is 5.91 Å². The first-order valence-corrected chi connectivity index (χ1v) is 7.39. The van der Waals surface area contributed by atoms with Crippen molar-refractivity contribution in [2.75, 3.05) is 39.4 Å². The van der Waals surface area contributed by atoms with Gasteiger partial charge in [0.25, 0.3) is 0 Å². The highest BCUT2D eigenvalue weighted by molar-refractivity contribution is 5.79. The molecule has 2 fully saturated rings. The number of nitrogens with zero attached hydrogens (tertiary/aromatic N) is 3. The van der Waals surface area contributed by atoms with Crippen LogP contribution in [0.1, 0.15) is 24.6 Å². The summed E-state index contributed by atoms with van der Waals surface area (Å²) in [5.41, 5.74) is 0.419. The summed E-state index contributed by atoms with van der Waals surface area (Å²) in [6.07, 6.45) is 3.34. The van der Waals surface area contributed by atoms with E-state index in [0.717, 1.165) is 38.2 Å². The number of carbonyl (C=O) groups is 1. The van der Waals surface area contributed by atoms with Gasteiger partial charge < -0.3 is 14.6 Å². The molecule has 0 bridgehead atoms. The fourth-order valence-electron chi connectivity index (χ4n) is 3.01. The normalized spacial score (nSPS) is 23.4. The van der Waals surface area contributed by atoms with Crippen LogP contribution in [0.5, 0.6) is 0 Å². The number of hydrogen-bond acceptors (Lipinski definition) is 5. The van der Waals surface area contributed by atoms with E-state index in [1.807, 2.05) is 4.90 Å². The molecule has 0 radical (unpaired) electrons. The highest BCUT2D eigenvalue weighted by Gasteiger charge is 2.31. The lowest BCUT2D eigenvalue weighted by atomic mass is 10.1. The zero-order chi connectivity index (χ0) is 14.7. The summed E-state index contributed by atoms with van der Waals surface area (Å²) in [5, 5.41) is 0. The summed E-state index contributed by atoms with van der Waals surface area (Å²) in [4.78, 5) is 34.2. The zero-order valence-electron chi connectivity index (χ0n) is 12.0. The number of amides is 1. The molecule has 1 N–H and O–H groups in total. The topological polar surface area (TPSA) is 78.5 Å². The minimum atomic E-state index is -0.361. The van der Waals surface area contributed by atoms with Crippen molar-refractivity contribution in [1.29, 1.82) is 0 Å². The largest absolute Gasteiger partial charge is 0.379 e. The summed E-state index contributed by atoms with van der Waals surface area (Å²) in [5.74, 6) is 0.122. The number of aromatic amines is 1. The number of likely N-dealkylation sites (tertiary alicyclic amines) is 1. The van der Waals surface area contributed by atoms with Gasteiger partial charge >= 0.3 is 5.69 Å². The molecular weight excluding hydrogens is 272 g/mol. The van der Waals surface area contributed by atoms with Crippen molar-refractivity contribution in [1.82, 2.24) is 19.8 Å². The summed E-state index contributed by atoms with van der Waals surface area (Å²) >= 11 is 0. The second-order valence-corrected chi connectivity index (χ2v) is 5.46. The maximum absolute atomic E-state index is 12.5. The molecule has 2 aliphatic rings. The van der Waals surface area contributed by atoms with Gasteiger partial charge in [-0.2, -0.15) is 0 Å². The van der Waals surface area contributed by atoms with Gasteiger partial charge in [-0.25, -0.2) is 9.78 Å². The molecule has 1 amide bonds. The Hall–Kier alpha value is -1.73. The van der Waals surface area contributed by atoms with Gasteiger partial charge in [-0.15, -0.1) is 0 Å². The molecule has 7 heteroatoms. The molecule has 0 unspecified atom stereocenters. The second kappa shape index (κ2) is 6.36. The van der Waals surface area contributed by atoms with Crippen LogP contribution in [0.2, 0.25) is 0 Å². The Bertz CT molecular complexity index is 553. The van der Waals surface area contributed by atoms with Crippen LogP contribution in [0.25, 0.3) is 0 Å². The number of aromatic nitrogens is 2. The Morgan fingerprint density at radius 2 is 2.19 bits per heavy atom. The van der Waals surface area contributed by atoms with Crippen LogP contribution in [0.4, 0.5) is 0 Å². The Morgan fingerprint density at radius 3 is 2.95 bits per heavy atom. The molecule has 1 aromatic rings. The Balaban J connectivity index is 1.68. The molecule has 2 saturated heterocycles. The van der Waals surface area contributed by atoms with E-state index in [4.69, 9.17) is 4.74 Å². The number of morpholine rings is 1. The lowest BCUT2D eigenvalue weighted by Gasteiger charge is -2.30. The van der Waals surface area contributed by atoms with E-state index < -0.39 is 0 Å². The van der Waals surface area contributed by atoms with Gasteiger partial charge in [-0.05, 0) is 18.9 Å². The molecule has 1 atom stereocenters. The highest BCUT2D eigenvalue weighted by Crippen LogP contribution is 2.30. The smallest absolute Gasteiger partial charge is 0.345 e. The van der Waals surface area contributed by atoms with Crippen LogP contribution in [-0.2, 0) is 9.53 Å². The number of ether oxygens (including phenoxy) is 1. The number of nitrogens with one attached hydrogen (secondary N) is 1. The predicted molar refractivity (Wildman–Crippen MR) is 75.8 cm³/mol. The molecule has 2 aliphatic heterocycles. The Kier molecular flexibility index (Phi) is 4.31. The van der Waals surface area contributed by atoms with Gasteiger partial charge in [0, 0.05) is 31.5 Å². The first-order chi connectivity index (χ1) is 10.2. The number of hydrogen-bond donors (Lipinski definition) is 1. The molecule has 0 saturated carbocycles. The second-order valence-electron chi connectivity index (χ2n) is 5.46. The van der Waals surface area contributed by atoms with E-state index in [1.54, 1.807) is 6.07 Å². The minimum Gasteiger partial charge on any atom is -0.379 e. The van der Waals surface area contributed by atoms with Crippen LogP contribution >= 0.6 is 0 Å². The minimum absolute atomic E-state index is 0.0331. The first-order valence-electron chi connectivity index (χ1n) is 7.39. The number of H-pyrrole nitrogens is 1. The molecule has 1 aromatic heterocycles. The molecule has 3 heterocycles. The highest BCUT2D eigenvalue weighted by atomic mass is 16.5. The quantitative estimate of drug-likeness (QED) is 0.832. The third-order valence-electron chi connectivity index (χ3n) is 4.09. The maximum Gasteiger partial charge on any atom is 0.345 e. The van der Waals surface area contributed by atoms with Crippen molar-refractivity contribution in [3.8, 4) is 0 Å². The number of rotatable bonds is 3. The van der Waals surface area contributed by atoms with E-state index in [-0.39, 0.29) is 17.6 Å². The Morgan fingerprint density at radius 1 is 1.38 bits per heavy atom. The van der Waals surface area contributed by atoms with E-state index in [9.17, 15) is 9.59 Å². The van der Waals surface area contributed by atoms with Gasteiger partial charge in [-0.3, -0.25) is 9.69 Å². The summed E-state index contributed by atoms with van der Waals surface area (Å²) in [6, 6.07) is 1.75. The van der Waals surface area contributed by atoms with Crippen molar-refractivity contribution in [2.24, 2.45) is 0 Å². The van der Waals surface area contributed by atoms with Crippen molar-refractivity contribution in [3.63, 3.8) is 0 Å². The van der Waals surface area contributed by atoms with Crippen LogP contribution in [0, 0.1) is 0 Å². The molecule has 114 valence electrons. The third-order valence-corrected chi connectivity index (χ3v) is 4.09. The van der Waals surface area contributed by atoms with Crippen molar-refractivity contribution >= 4 is 5.91 Å². The average molecular weight is 292 g/mol. The Labute approximate surface area is 122 Å². The molecule has 21 heavy (non-hydrogen) atoms. The van der Waals surface area contributed by atoms with Crippen LogP contribution in [0.15, 0.2) is 17.1 Å². The number of carbonyl (C=O) groups excluding carboxylic acids is 1. The van der Waals surface area contributed by atoms with E-state index in [1.165, 1.54) is 6.20 Å². The monoisotopic (exact) mass is 292 g/mol. The van der Waals surface area contributed by atoms with Gasteiger partial charge in [0.05, 0.1) is 25.8 Å².